The molecule has 0 aromatic carbocycles. The Morgan fingerprint density at radius 1 is 1.46 bits per heavy atom. The summed E-state index contributed by atoms with van der Waals surface area (Å²) in [5.74, 6) is 5.97. The van der Waals surface area contributed by atoms with Gasteiger partial charge in [0.2, 0.25) is 0 Å². The molecule has 0 saturated heterocycles. The summed E-state index contributed by atoms with van der Waals surface area (Å²) in [6, 6.07) is 2.08. The summed E-state index contributed by atoms with van der Waals surface area (Å²) in [6.07, 6.45) is 2.56. The standard InChI is InChI=1S/C11H14N2/c1-9-7-10(2)11(13-8-9)5-3-4-6-12/h7-8H,4,6,12H2,1-2H3. The summed E-state index contributed by atoms with van der Waals surface area (Å²) in [6.45, 7) is 4.65. The van der Waals surface area contributed by atoms with Crippen LogP contribution in [-0.4, -0.2) is 11.5 Å². The van der Waals surface area contributed by atoms with Crippen LogP contribution < -0.4 is 5.73 Å². The summed E-state index contributed by atoms with van der Waals surface area (Å²) < 4.78 is 0. The fourth-order valence-electron chi connectivity index (χ4n) is 1.06. The molecule has 68 valence electrons. The average molecular weight is 174 g/mol. The van der Waals surface area contributed by atoms with Crippen molar-refractivity contribution in [1.82, 2.24) is 4.98 Å². The number of nitrogens with two attached hydrogens (primary N) is 1. The Hall–Kier alpha value is -1.33. The zero-order valence-electron chi connectivity index (χ0n) is 8.09. The van der Waals surface area contributed by atoms with Crippen LogP contribution in [0.15, 0.2) is 12.3 Å². The first-order chi connectivity index (χ1) is 6.24. The second-order valence-electron chi connectivity index (χ2n) is 3.02. The molecule has 0 unspecified atom stereocenters. The lowest BCUT2D eigenvalue weighted by atomic mass is 10.1. The van der Waals surface area contributed by atoms with Crippen molar-refractivity contribution in [2.75, 3.05) is 6.54 Å². The Bertz CT molecular complexity index is 345. The van der Waals surface area contributed by atoms with E-state index in [0.717, 1.165) is 17.7 Å². The van der Waals surface area contributed by atoms with Gasteiger partial charge >= 0.3 is 0 Å². The molecule has 0 aliphatic rings. The molecule has 2 N–H and O–H groups in total. The van der Waals surface area contributed by atoms with Crippen molar-refractivity contribution in [3.63, 3.8) is 0 Å². The summed E-state index contributed by atoms with van der Waals surface area (Å²) in [7, 11) is 0. The molecule has 0 saturated carbocycles. The number of nitrogens with zero attached hydrogens (tertiary/aromatic N) is 1. The van der Waals surface area contributed by atoms with Gasteiger partial charge in [-0.05, 0) is 30.9 Å². The van der Waals surface area contributed by atoms with Gasteiger partial charge in [-0.1, -0.05) is 12.0 Å². The zero-order chi connectivity index (χ0) is 9.68. The minimum absolute atomic E-state index is 0.609. The van der Waals surface area contributed by atoms with Gasteiger partial charge in [0.05, 0.1) is 0 Å². The molecule has 0 aliphatic heterocycles. The molecule has 0 bridgehead atoms. The molecule has 0 radical (unpaired) electrons. The number of aryl methyl sites for hydroxylation is 2. The van der Waals surface area contributed by atoms with E-state index in [4.69, 9.17) is 5.73 Å². The number of pyridine rings is 1. The first-order valence-corrected chi connectivity index (χ1v) is 4.36. The van der Waals surface area contributed by atoms with Gasteiger partial charge < -0.3 is 5.73 Å². The predicted octanol–water partition coefficient (Wildman–Crippen LogP) is 1.40. The monoisotopic (exact) mass is 174 g/mol. The molecule has 0 spiro atoms. The van der Waals surface area contributed by atoms with E-state index in [-0.39, 0.29) is 0 Å². The lowest BCUT2D eigenvalue weighted by molar-refractivity contribution is 1.03. The number of hydrogen-bond donors (Lipinski definition) is 1. The Labute approximate surface area is 79.2 Å². The van der Waals surface area contributed by atoms with Gasteiger partial charge in [0.15, 0.2) is 0 Å². The smallest absolute Gasteiger partial charge is 0.116 e. The van der Waals surface area contributed by atoms with E-state index in [1.54, 1.807) is 0 Å². The lowest BCUT2D eigenvalue weighted by Crippen LogP contribution is -1.96. The van der Waals surface area contributed by atoms with Crippen molar-refractivity contribution in [3.05, 3.63) is 29.1 Å². The highest BCUT2D eigenvalue weighted by Crippen LogP contribution is 2.04. The highest BCUT2D eigenvalue weighted by Gasteiger charge is 1.94. The summed E-state index contributed by atoms with van der Waals surface area (Å²) in [5.41, 5.74) is 8.49. The number of hydrogen-bond acceptors (Lipinski definition) is 2. The second-order valence-corrected chi connectivity index (χ2v) is 3.02. The van der Waals surface area contributed by atoms with Crippen molar-refractivity contribution >= 4 is 0 Å². The van der Waals surface area contributed by atoms with Crippen LogP contribution in [0.3, 0.4) is 0 Å². The molecular formula is C11H14N2. The number of rotatable bonds is 1. The van der Waals surface area contributed by atoms with Crippen molar-refractivity contribution in [2.45, 2.75) is 20.3 Å². The van der Waals surface area contributed by atoms with Gasteiger partial charge in [-0.2, -0.15) is 0 Å². The van der Waals surface area contributed by atoms with Crippen molar-refractivity contribution in [3.8, 4) is 11.8 Å². The van der Waals surface area contributed by atoms with Gasteiger partial charge in [0, 0.05) is 19.2 Å². The van der Waals surface area contributed by atoms with Crippen LogP contribution in [0.4, 0.5) is 0 Å². The molecular weight excluding hydrogens is 160 g/mol. The van der Waals surface area contributed by atoms with E-state index in [1.807, 2.05) is 20.0 Å². The van der Waals surface area contributed by atoms with Crippen molar-refractivity contribution < 1.29 is 0 Å². The third-order valence-corrected chi connectivity index (χ3v) is 1.69. The molecule has 13 heavy (non-hydrogen) atoms. The molecule has 2 nitrogen and oxygen atoms in total. The fourth-order valence-corrected chi connectivity index (χ4v) is 1.06. The maximum absolute atomic E-state index is 5.33. The molecule has 1 aromatic rings. The molecule has 0 amide bonds. The van der Waals surface area contributed by atoms with Gasteiger partial charge in [-0.3, -0.25) is 0 Å². The molecule has 1 heterocycles. The van der Waals surface area contributed by atoms with Crippen LogP contribution in [-0.2, 0) is 0 Å². The SMILES string of the molecule is Cc1cnc(C#CCCN)c(C)c1. The highest BCUT2D eigenvalue weighted by molar-refractivity contribution is 5.36. The van der Waals surface area contributed by atoms with E-state index >= 15 is 0 Å². The summed E-state index contributed by atoms with van der Waals surface area (Å²) >= 11 is 0. The predicted molar refractivity (Wildman–Crippen MR) is 54.3 cm³/mol. The van der Waals surface area contributed by atoms with E-state index in [0.29, 0.717) is 6.54 Å². The van der Waals surface area contributed by atoms with E-state index in [1.165, 1.54) is 5.56 Å². The largest absolute Gasteiger partial charge is 0.330 e. The third-order valence-electron chi connectivity index (χ3n) is 1.69. The van der Waals surface area contributed by atoms with Gasteiger partial charge in [0.25, 0.3) is 0 Å². The highest BCUT2D eigenvalue weighted by atomic mass is 14.7. The van der Waals surface area contributed by atoms with Gasteiger partial charge in [0.1, 0.15) is 5.69 Å². The first-order valence-electron chi connectivity index (χ1n) is 4.36. The third kappa shape index (κ3) is 2.89. The zero-order valence-corrected chi connectivity index (χ0v) is 8.09. The van der Waals surface area contributed by atoms with Crippen molar-refractivity contribution in [2.24, 2.45) is 5.73 Å². The Kier molecular flexibility index (Phi) is 3.48. The molecule has 1 aromatic heterocycles. The van der Waals surface area contributed by atoms with Crippen LogP contribution in [0.2, 0.25) is 0 Å². The Morgan fingerprint density at radius 2 is 2.23 bits per heavy atom. The quantitative estimate of drug-likeness (QED) is 0.653. The normalized spacial score (nSPS) is 9.15. The summed E-state index contributed by atoms with van der Waals surface area (Å²) in [5, 5.41) is 0. The average Bonchev–Trinajstić information content (AvgIpc) is 2.09. The Balaban J connectivity index is 2.85. The lowest BCUT2D eigenvalue weighted by Gasteiger charge is -1.97. The minimum Gasteiger partial charge on any atom is -0.330 e. The second kappa shape index (κ2) is 4.64. The molecule has 0 fully saturated rings. The van der Waals surface area contributed by atoms with Crippen LogP contribution in [0.1, 0.15) is 23.2 Å². The molecule has 1 rings (SSSR count). The fraction of sp³-hybridized carbons (Fsp3) is 0.364. The number of aromatic nitrogens is 1. The van der Waals surface area contributed by atoms with Gasteiger partial charge in [-0.15, -0.1) is 0 Å². The van der Waals surface area contributed by atoms with Crippen LogP contribution in [0.25, 0.3) is 0 Å². The van der Waals surface area contributed by atoms with E-state index in [9.17, 15) is 0 Å². The maximum Gasteiger partial charge on any atom is 0.116 e. The minimum atomic E-state index is 0.609. The van der Waals surface area contributed by atoms with E-state index in [2.05, 4.69) is 22.9 Å². The first kappa shape index (κ1) is 9.76. The Morgan fingerprint density at radius 3 is 2.85 bits per heavy atom. The van der Waals surface area contributed by atoms with Gasteiger partial charge in [-0.25, -0.2) is 4.98 Å². The van der Waals surface area contributed by atoms with Crippen LogP contribution in [0, 0.1) is 25.7 Å². The molecule has 2 heteroatoms. The van der Waals surface area contributed by atoms with Crippen LogP contribution in [0.5, 0.6) is 0 Å². The van der Waals surface area contributed by atoms with Crippen molar-refractivity contribution in [1.29, 1.82) is 0 Å². The maximum atomic E-state index is 5.33. The van der Waals surface area contributed by atoms with E-state index < -0.39 is 0 Å². The molecule has 0 aliphatic carbocycles. The molecule has 0 atom stereocenters. The summed E-state index contributed by atoms with van der Waals surface area (Å²) in [4.78, 5) is 4.24. The van der Waals surface area contributed by atoms with Crippen LogP contribution >= 0.6 is 0 Å². The topological polar surface area (TPSA) is 38.9 Å².